The van der Waals surface area contributed by atoms with Gasteiger partial charge in [-0.1, -0.05) is 64.1 Å². The van der Waals surface area contributed by atoms with Crippen molar-refractivity contribution >= 4 is 21.6 Å². The van der Waals surface area contributed by atoms with E-state index in [4.69, 9.17) is 0 Å². The van der Waals surface area contributed by atoms with E-state index in [-0.39, 0.29) is 0 Å². The molecule has 0 atom stereocenters. The van der Waals surface area contributed by atoms with E-state index in [1.54, 1.807) is 21.6 Å². The van der Waals surface area contributed by atoms with Gasteiger partial charge in [0, 0.05) is 4.90 Å². The van der Waals surface area contributed by atoms with Crippen LogP contribution in [-0.4, -0.2) is 6.26 Å². The van der Waals surface area contributed by atoms with Crippen molar-refractivity contribution in [2.24, 2.45) is 0 Å². The van der Waals surface area contributed by atoms with E-state index in [9.17, 15) is 0 Å². The van der Waals surface area contributed by atoms with Gasteiger partial charge >= 0.3 is 0 Å². The molecular formula is C14H14S2. The van der Waals surface area contributed by atoms with Gasteiger partial charge in [-0.3, -0.25) is 0 Å². The maximum Gasteiger partial charge on any atom is 0.0182 e. The van der Waals surface area contributed by atoms with Gasteiger partial charge in [-0.05, 0) is 35.9 Å². The lowest BCUT2D eigenvalue weighted by atomic mass is 10.1. The van der Waals surface area contributed by atoms with E-state index in [0.29, 0.717) is 0 Å². The summed E-state index contributed by atoms with van der Waals surface area (Å²) in [5.41, 5.74) is 2.74. The third kappa shape index (κ3) is 3.32. The van der Waals surface area contributed by atoms with Crippen molar-refractivity contribution in [1.29, 1.82) is 0 Å². The van der Waals surface area contributed by atoms with Crippen LogP contribution >= 0.6 is 21.6 Å². The standard InChI is InChI=1S/C14H14S2/c1-15-16-14-9-7-13(8-10-14)11-12-5-3-2-4-6-12/h2-10H,11H2,1H3. The van der Waals surface area contributed by atoms with Crippen molar-refractivity contribution in [2.45, 2.75) is 11.3 Å². The van der Waals surface area contributed by atoms with Crippen LogP contribution in [0.1, 0.15) is 11.1 Å². The maximum absolute atomic E-state index is 2.21. The predicted octanol–water partition coefficient (Wildman–Crippen LogP) is 4.65. The van der Waals surface area contributed by atoms with Gasteiger partial charge in [0.05, 0.1) is 0 Å². The first-order chi connectivity index (χ1) is 7.88. The van der Waals surface area contributed by atoms with E-state index in [1.807, 2.05) is 0 Å². The van der Waals surface area contributed by atoms with E-state index >= 15 is 0 Å². The van der Waals surface area contributed by atoms with Gasteiger partial charge in [0.2, 0.25) is 0 Å². The molecular weight excluding hydrogens is 232 g/mol. The van der Waals surface area contributed by atoms with E-state index in [0.717, 1.165) is 6.42 Å². The van der Waals surface area contributed by atoms with Crippen molar-refractivity contribution < 1.29 is 0 Å². The number of hydrogen-bond donors (Lipinski definition) is 0. The Kier molecular flexibility index (Phi) is 4.37. The van der Waals surface area contributed by atoms with Crippen LogP contribution in [0, 0.1) is 0 Å². The normalized spacial score (nSPS) is 10.3. The Hall–Kier alpha value is -0.860. The summed E-state index contributed by atoms with van der Waals surface area (Å²) in [6.45, 7) is 0. The third-order valence-electron chi connectivity index (χ3n) is 2.35. The Bertz CT molecular complexity index is 420. The zero-order valence-corrected chi connectivity index (χ0v) is 10.9. The summed E-state index contributed by atoms with van der Waals surface area (Å²) in [5.74, 6) is 0. The summed E-state index contributed by atoms with van der Waals surface area (Å²) < 4.78 is 0. The van der Waals surface area contributed by atoms with E-state index in [2.05, 4.69) is 60.9 Å². The maximum atomic E-state index is 2.21. The summed E-state index contributed by atoms with van der Waals surface area (Å²) in [4.78, 5) is 1.32. The molecule has 16 heavy (non-hydrogen) atoms. The molecule has 0 radical (unpaired) electrons. The second-order valence-corrected chi connectivity index (χ2v) is 6.03. The SMILES string of the molecule is CSSc1ccc(Cc2ccccc2)cc1. The van der Waals surface area contributed by atoms with Crippen LogP contribution in [0.3, 0.4) is 0 Å². The summed E-state index contributed by atoms with van der Waals surface area (Å²) in [6, 6.07) is 19.4. The van der Waals surface area contributed by atoms with Crippen LogP contribution in [-0.2, 0) is 6.42 Å². The Morgan fingerprint density at radius 3 is 2.06 bits per heavy atom. The molecule has 0 heterocycles. The van der Waals surface area contributed by atoms with Crippen LogP contribution in [0.15, 0.2) is 59.5 Å². The molecule has 0 nitrogen and oxygen atoms in total. The second kappa shape index (κ2) is 6.02. The number of benzene rings is 2. The molecule has 0 aliphatic heterocycles. The number of rotatable bonds is 4. The van der Waals surface area contributed by atoms with E-state index < -0.39 is 0 Å². The lowest BCUT2D eigenvalue weighted by molar-refractivity contribution is 1.18. The first-order valence-corrected chi connectivity index (χ1v) is 7.78. The van der Waals surface area contributed by atoms with Crippen molar-refractivity contribution in [2.75, 3.05) is 6.26 Å². The molecule has 2 rings (SSSR count). The molecule has 0 unspecified atom stereocenters. The molecule has 0 saturated heterocycles. The highest BCUT2D eigenvalue weighted by molar-refractivity contribution is 8.76. The monoisotopic (exact) mass is 246 g/mol. The zero-order valence-electron chi connectivity index (χ0n) is 9.22. The molecule has 2 aromatic rings. The summed E-state index contributed by atoms with van der Waals surface area (Å²) in [5, 5.41) is 0. The summed E-state index contributed by atoms with van der Waals surface area (Å²) in [6.07, 6.45) is 3.12. The minimum atomic E-state index is 1.02. The molecule has 0 N–H and O–H groups in total. The minimum absolute atomic E-state index is 1.02. The van der Waals surface area contributed by atoms with Crippen LogP contribution in [0.5, 0.6) is 0 Å². The number of hydrogen-bond acceptors (Lipinski definition) is 2. The fourth-order valence-electron chi connectivity index (χ4n) is 1.59. The lowest BCUT2D eigenvalue weighted by Gasteiger charge is -2.03. The molecule has 82 valence electrons. The van der Waals surface area contributed by atoms with Crippen LogP contribution in [0.4, 0.5) is 0 Å². The first-order valence-electron chi connectivity index (χ1n) is 5.22. The quantitative estimate of drug-likeness (QED) is 0.720. The van der Waals surface area contributed by atoms with E-state index in [1.165, 1.54) is 16.0 Å². The molecule has 0 aliphatic rings. The van der Waals surface area contributed by atoms with Gasteiger partial charge in [0.1, 0.15) is 0 Å². The van der Waals surface area contributed by atoms with Gasteiger partial charge in [-0.2, -0.15) is 0 Å². The molecule has 0 amide bonds. The van der Waals surface area contributed by atoms with Crippen LogP contribution in [0.25, 0.3) is 0 Å². The van der Waals surface area contributed by atoms with Crippen molar-refractivity contribution in [3.8, 4) is 0 Å². The molecule has 0 fully saturated rings. The predicted molar refractivity (Wildman–Crippen MR) is 75.1 cm³/mol. The fraction of sp³-hybridized carbons (Fsp3) is 0.143. The highest BCUT2D eigenvalue weighted by atomic mass is 33.1. The minimum Gasteiger partial charge on any atom is -0.0924 e. The van der Waals surface area contributed by atoms with Gasteiger partial charge < -0.3 is 0 Å². The molecule has 0 aliphatic carbocycles. The summed E-state index contributed by atoms with van der Waals surface area (Å²) >= 11 is 0. The highest BCUT2D eigenvalue weighted by Gasteiger charge is 1.96. The van der Waals surface area contributed by atoms with Crippen molar-refractivity contribution in [3.05, 3.63) is 65.7 Å². The first kappa shape index (κ1) is 11.6. The second-order valence-electron chi connectivity index (χ2n) is 3.56. The van der Waals surface area contributed by atoms with Gasteiger partial charge in [0.25, 0.3) is 0 Å². The van der Waals surface area contributed by atoms with Gasteiger partial charge in [0.15, 0.2) is 0 Å². The van der Waals surface area contributed by atoms with Gasteiger partial charge in [-0.15, -0.1) is 0 Å². The fourth-order valence-corrected chi connectivity index (χ4v) is 2.94. The Labute approximate surface area is 105 Å². The molecule has 0 spiro atoms. The topological polar surface area (TPSA) is 0 Å². The highest BCUT2D eigenvalue weighted by Crippen LogP contribution is 2.28. The third-order valence-corrected chi connectivity index (χ3v) is 4.06. The largest absolute Gasteiger partial charge is 0.0924 e. The van der Waals surface area contributed by atoms with Gasteiger partial charge in [-0.25, -0.2) is 0 Å². The van der Waals surface area contributed by atoms with Crippen molar-refractivity contribution in [3.63, 3.8) is 0 Å². The Balaban J connectivity index is 2.05. The Morgan fingerprint density at radius 1 is 0.812 bits per heavy atom. The van der Waals surface area contributed by atoms with Crippen LogP contribution in [0.2, 0.25) is 0 Å². The smallest absolute Gasteiger partial charge is 0.0182 e. The molecule has 0 saturated carbocycles. The average molecular weight is 246 g/mol. The zero-order chi connectivity index (χ0) is 11.2. The average Bonchev–Trinajstić information content (AvgIpc) is 2.33. The summed E-state index contributed by atoms with van der Waals surface area (Å²) in [7, 11) is 3.59. The van der Waals surface area contributed by atoms with Crippen LogP contribution < -0.4 is 0 Å². The lowest BCUT2D eigenvalue weighted by Crippen LogP contribution is -1.86. The molecule has 0 aromatic heterocycles. The molecule has 2 aromatic carbocycles. The van der Waals surface area contributed by atoms with Crippen molar-refractivity contribution in [1.82, 2.24) is 0 Å². The Morgan fingerprint density at radius 2 is 1.44 bits per heavy atom. The molecule has 0 bridgehead atoms. The molecule has 2 heteroatoms.